The maximum atomic E-state index is 12.4. The maximum Gasteiger partial charge on any atom is 0.272 e. The van der Waals surface area contributed by atoms with Crippen LogP contribution in [0.15, 0.2) is 58.5 Å². The molecule has 0 saturated heterocycles. The molecule has 0 unspecified atom stereocenters. The molecule has 0 aliphatic rings. The Labute approximate surface area is 135 Å². The number of aryl methyl sites for hydroxylation is 1. The van der Waals surface area contributed by atoms with Crippen molar-refractivity contribution in [2.24, 2.45) is 7.05 Å². The Morgan fingerprint density at radius 3 is 2.71 bits per heavy atom. The minimum absolute atomic E-state index is 0.118. The number of benzene rings is 1. The van der Waals surface area contributed by atoms with Crippen LogP contribution in [0, 0.1) is 0 Å². The van der Waals surface area contributed by atoms with Crippen molar-refractivity contribution < 1.29 is 4.79 Å². The third-order valence-electron chi connectivity index (χ3n) is 3.17. The predicted molar refractivity (Wildman–Crippen MR) is 90.8 cm³/mol. The number of thiophene rings is 1. The zero-order chi connectivity index (χ0) is 14.8. The lowest BCUT2D eigenvalue weighted by Crippen LogP contribution is -2.15. The van der Waals surface area contributed by atoms with E-state index in [9.17, 15) is 4.79 Å². The first-order chi connectivity index (χ1) is 10.1. The van der Waals surface area contributed by atoms with Gasteiger partial charge in [-0.05, 0) is 39.5 Å². The van der Waals surface area contributed by atoms with Crippen molar-refractivity contribution >= 4 is 38.9 Å². The molecule has 106 valence electrons. The first kappa shape index (κ1) is 14.1. The summed E-state index contributed by atoms with van der Waals surface area (Å²) in [5.74, 6) is -0.118. The molecule has 2 heterocycles. The molecule has 0 spiro atoms. The minimum Gasteiger partial charge on any atom is -0.345 e. The van der Waals surface area contributed by atoms with E-state index in [0.717, 1.165) is 20.6 Å². The average Bonchev–Trinajstić information content (AvgIpc) is 3.09. The highest BCUT2D eigenvalue weighted by Gasteiger charge is 2.13. The number of carbonyl (C=O) groups is 1. The number of carbonyl (C=O) groups excluding carboxylic acids is 1. The van der Waals surface area contributed by atoms with Gasteiger partial charge in [0.05, 0.1) is 0 Å². The van der Waals surface area contributed by atoms with Crippen LogP contribution in [0.5, 0.6) is 0 Å². The van der Waals surface area contributed by atoms with Crippen LogP contribution in [0.25, 0.3) is 10.4 Å². The normalized spacial score (nSPS) is 10.6. The molecular weight excluding hydrogens is 348 g/mol. The van der Waals surface area contributed by atoms with Gasteiger partial charge in [0.2, 0.25) is 0 Å². The zero-order valence-corrected chi connectivity index (χ0v) is 13.7. The number of hydrogen-bond donors (Lipinski definition) is 1. The molecule has 1 amide bonds. The highest BCUT2D eigenvalue weighted by Crippen LogP contribution is 2.31. The second-order valence-corrected chi connectivity index (χ2v) is 6.49. The Morgan fingerprint density at radius 1 is 1.24 bits per heavy atom. The van der Waals surface area contributed by atoms with Crippen LogP contribution in [0.4, 0.5) is 5.69 Å². The smallest absolute Gasteiger partial charge is 0.272 e. The number of nitrogens with one attached hydrogen (secondary N) is 1. The molecule has 0 aliphatic heterocycles. The van der Waals surface area contributed by atoms with Crippen molar-refractivity contribution in [1.29, 1.82) is 0 Å². The number of halogens is 1. The highest BCUT2D eigenvalue weighted by atomic mass is 79.9. The Kier molecular flexibility index (Phi) is 3.94. The number of rotatable bonds is 3. The van der Waals surface area contributed by atoms with E-state index >= 15 is 0 Å². The first-order valence-electron chi connectivity index (χ1n) is 6.41. The summed E-state index contributed by atoms with van der Waals surface area (Å²) in [5.41, 5.74) is 2.47. The molecule has 1 N–H and O–H groups in total. The summed E-state index contributed by atoms with van der Waals surface area (Å²) >= 11 is 5.04. The SMILES string of the molecule is Cn1cc(Br)cc1C(=O)Nc1ccccc1-c1cccs1. The Bertz CT molecular complexity index is 777. The lowest BCUT2D eigenvalue weighted by atomic mass is 10.1. The second kappa shape index (κ2) is 5.87. The number of nitrogens with zero attached hydrogens (tertiary/aromatic N) is 1. The van der Waals surface area contributed by atoms with E-state index < -0.39 is 0 Å². The van der Waals surface area contributed by atoms with Gasteiger partial charge < -0.3 is 9.88 Å². The van der Waals surface area contributed by atoms with E-state index in [2.05, 4.69) is 27.3 Å². The van der Waals surface area contributed by atoms with E-state index in [4.69, 9.17) is 0 Å². The van der Waals surface area contributed by atoms with E-state index in [1.54, 1.807) is 15.9 Å². The molecule has 3 rings (SSSR count). The van der Waals surface area contributed by atoms with E-state index in [-0.39, 0.29) is 5.91 Å². The monoisotopic (exact) mass is 360 g/mol. The quantitative estimate of drug-likeness (QED) is 0.717. The Hall–Kier alpha value is -1.85. The molecule has 0 radical (unpaired) electrons. The molecule has 0 bridgehead atoms. The first-order valence-corrected chi connectivity index (χ1v) is 8.08. The maximum absolute atomic E-state index is 12.4. The van der Waals surface area contributed by atoms with Gasteiger partial charge in [-0.25, -0.2) is 0 Å². The van der Waals surface area contributed by atoms with Gasteiger partial charge in [-0.1, -0.05) is 24.3 Å². The van der Waals surface area contributed by atoms with Crippen LogP contribution in [0.3, 0.4) is 0 Å². The lowest BCUT2D eigenvalue weighted by Gasteiger charge is -2.10. The molecule has 3 aromatic rings. The fourth-order valence-electron chi connectivity index (χ4n) is 2.18. The van der Waals surface area contributed by atoms with Gasteiger partial charge in [0, 0.05) is 33.8 Å². The van der Waals surface area contributed by atoms with Crippen LogP contribution in [0.2, 0.25) is 0 Å². The summed E-state index contributed by atoms with van der Waals surface area (Å²) in [6, 6.07) is 13.7. The Morgan fingerprint density at radius 2 is 2.05 bits per heavy atom. The minimum atomic E-state index is -0.118. The fourth-order valence-corrected chi connectivity index (χ4v) is 3.46. The fraction of sp³-hybridized carbons (Fsp3) is 0.0625. The van der Waals surface area contributed by atoms with Gasteiger partial charge >= 0.3 is 0 Å². The van der Waals surface area contributed by atoms with Crippen LogP contribution >= 0.6 is 27.3 Å². The van der Waals surface area contributed by atoms with Crippen molar-refractivity contribution in [3.05, 3.63) is 64.2 Å². The Balaban J connectivity index is 1.92. The topological polar surface area (TPSA) is 34.0 Å². The predicted octanol–water partition coefficient (Wildman–Crippen LogP) is 4.77. The summed E-state index contributed by atoms with van der Waals surface area (Å²) in [4.78, 5) is 13.6. The van der Waals surface area contributed by atoms with Crippen molar-refractivity contribution in [2.75, 3.05) is 5.32 Å². The summed E-state index contributed by atoms with van der Waals surface area (Å²) in [6.07, 6.45) is 1.86. The van der Waals surface area contributed by atoms with Gasteiger partial charge in [0.15, 0.2) is 0 Å². The molecule has 3 nitrogen and oxygen atoms in total. The van der Waals surface area contributed by atoms with Crippen LogP contribution in [-0.4, -0.2) is 10.5 Å². The lowest BCUT2D eigenvalue weighted by molar-refractivity contribution is 0.101. The van der Waals surface area contributed by atoms with E-state index in [1.807, 2.05) is 55.0 Å². The number of para-hydroxylation sites is 1. The standard InChI is InChI=1S/C16H13BrN2OS/c1-19-10-11(17)9-14(19)16(20)18-13-6-3-2-5-12(13)15-7-4-8-21-15/h2-10H,1H3,(H,18,20). The van der Waals surface area contributed by atoms with Crippen molar-refractivity contribution in [3.63, 3.8) is 0 Å². The van der Waals surface area contributed by atoms with E-state index in [0.29, 0.717) is 5.69 Å². The average molecular weight is 361 g/mol. The van der Waals surface area contributed by atoms with Crippen LogP contribution < -0.4 is 5.32 Å². The number of hydrogen-bond acceptors (Lipinski definition) is 2. The molecule has 21 heavy (non-hydrogen) atoms. The highest BCUT2D eigenvalue weighted by molar-refractivity contribution is 9.10. The molecule has 2 aromatic heterocycles. The third-order valence-corrected chi connectivity index (χ3v) is 4.50. The molecule has 0 aliphatic carbocycles. The molecule has 0 fully saturated rings. The van der Waals surface area contributed by atoms with E-state index in [1.165, 1.54) is 0 Å². The molecule has 1 aromatic carbocycles. The summed E-state index contributed by atoms with van der Waals surface area (Å²) < 4.78 is 2.69. The van der Waals surface area contributed by atoms with Gasteiger partial charge in [-0.15, -0.1) is 11.3 Å². The summed E-state index contributed by atoms with van der Waals surface area (Å²) in [7, 11) is 1.85. The second-order valence-electron chi connectivity index (χ2n) is 4.63. The van der Waals surface area contributed by atoms with Gasteiger partial charge in [0.1, 0.15) is 5.69 Å². The summed E-state index contributed by atoms with van der Waals surface area (Å²) in [5, 5.41) is 5.03. The van der Waals surface area contributed by atoms with Gasteiger partial charge in [-0.2, -0.15) is 0 Å². The summed E-state index contributed by atoms with van der Waals surface area (Å²) in [6.45, 7) is 0. The molecule has 5 heteroatoms. The molecule has 0 atom stereocenters. The van der Waals surface area contributed by atoms with Crippen molar-refractivity contribution in [2.45, 2.75) is 0 Å². The number of aromatic nitrogens is 1. The molecule has 0 saturated carbocycles. The van der Waals surface area contributed by atoms with Crippen LogP contribution in [0.1, 0.15) is 10.5 Å². The number of amides is 1. The zero-order valence-electron chi connectivity index (χ0n) is 11.3. The van der Waals surface area contributed by atoms with Crippen LogP contribution in [-0.2, 0) is 7.05 Å². The molecular formula is C16H13BrN2OS. The number of anilines is 1. The van der Waals surface area contributed by atoms with Crippen molar-refractivity contribution in [1.82, 2.24) is 4.57 Å². The van der Waals surface area contributed by atoms with Gasteiger partial charge in [-0.3, -0.25) is 4.79 Å². The van der Waals surface area contributed by atoms with Gasteiger partial charge in [0.25, 0.3) is 5.91 Å². The largest absolute Gasteiger partial charge is 0.345 e. The third kappa shape index (κ3) is 2.94. The van der Waals surface area contributed by atoms with Crippen molar-refractivity contribution in [3.8, 4) is 10.4 Å².